The molecule has 0 unspecified atom stereocenters. The standard InChI is InChI=1S/C15H8Cl2N2O3/c16-8-3-7(4-9(17)5-8)10-1-2-18-13-12(10)19-6-11(14(13)20)15(21)22/h1-6H,(H,19,20)(H,21,22). The Labute approximate surface area is 134 Å². The lowest BCUT2D eigenvalue weighted by molar-refractivity contribution is 0.0695. The van der Waals surface area contributed by atoms with E-state index in [1.165, 1.54) is 6.20 Å². The highest BCUT2D eigenvalue weighted by Gasteiger charge is 2.15. The molecule has 0 amide bonds. The Morgan fingerprint density at radius 1 is 1.18 bits per heavy atom. The van der Waals surface area contributed by atoms with Crippen LogP contribution >= 0.6 is 23.2 Å². The molecular formula is C15H8Cl2N2O3. The largest absolute Gasteiger partial charge is 0.477 e. The Bertz CT molecular complexity index is 946. The monoisotopic (exact) mass is 334 g/mol. The van der Waals surface area contributed by atoms with Gasteiger partial charge in [0.15, 0.2) is 0 Å². The maximum Gasteiger partial charge on any atom is 0.341 e. The molecule has 0 aliphatic heterocycles. The van der Waals surface area contributed by atoms with Gasteiger partial charge in [-0.2, -0.15) is 0 Å². The zero-order valence-electron chi connectivity index (χ0n) is 10.9. The number of aromatic carboxylic acids is 1. The summed E-state index contributed by atoms with van der Waals surface area (Å²) in [5, 5.41) is 9.91. The first kappa shape index (κ1) is 14.6. The number of fused-ring (bicyclic) bond motifs is 1. The van der Waals surface area contributed by atoms with Crippen molar-refractivity contribution in [2.75, 3.05) is 0 Å². The molecule has 2 heterocycles. The fourth-order valence-electron chi connectivity index (χ4n) is 2.23. The molecule has 1 aromatic carbocycles. The molecule has 2 aromatic heterocycles. The maximum atomic E-state index is 12.2. The van der Waals surface area contributed by atoms with Crippen LogP contribution < -0.4 is 5.43 Å². The van der Waals surface area contributed by atoms with E-state index in [9.17, 15) is 9.59 Å². The quantitative estimate of drug-likeness (QED) is 0.750. The van der Waals surface area contributed by atoms with E-state index in [0.29, 0.717) is 26.7 Å². The molecule has 0 fully saturated rings. The second-order valence-corrected chi connectivity index (χ2v) is 5.45. The predicted octanol–water partition coefficient (Wildman–Crippen LogP) is 3.60. The van der Waals surface area contributed by atoms with Crippen molar-refractivity contribution in [3.8, 4) is 11.1 Å². The molecule has 0 saturated carbocycles. The first-order valence-electron chi connectivity index (χ1n) is 6.17. The number of carbonyl (C=O) groups is 1. The van der Waals surface area contributed by atoms with E-state index >= 15 is 0 Å². The normalized spacial score (nSPS) is 10.8. The van der Waals surface area contributed by atoms with E-state index in [1.54, 1.807) is 24.3 Å². The SMILES string of the molecule is O=C(O)c1c[nH]c2c(-c3cc(Cl)cc(Cl)c3)ccnc2c1=O. The van der Waals surface area contributed by atoms with Crippen molar-refractivity contribution in [2.45, 2.75) is 0 Å². The lowest BCUT2D eigenvalue weighted by Gasteiger charge is -2.08. The number of pyridine rings is 2. The average molecular weight is 335 g/mol. The molecule has 0 saturated heterocycles. The Morgan fingerprint density at radius 2 is 1.86 bits per heavy atom. The van der Waals surface area contributed by atoms with E-state index in [4.69, 9.17) is 28.3 Å². The number of aromatic amines is 1. The number of H-pyrrole nitrogens is 1. The van der Waals surface area contributed by atoms with Gasteiger partial charge in [-0.15, -0.1) is 0 Å². The number of carboxylic acid groups (broad SMARTS) is 1. The molecule has 5 nitrogen and oxygen atoms in total. The number of carboxylic acids is 1. The summed E-state index contributed by atoms with van der Waals surface area (Å²) in [5.41, 5.74) is 0.828. The van der Waals surface area contributed by atoms with Gasteiger partial charge in [0.25, 0.3) is 0 Å². The van der Waals surface area contributed by atoms with Crippen LogP contribution in [0, 0.1) is 0 Å². The Hall–Kier alpha value is -2.37. The van der Waals surface area contributed by atoms with Crippen LogP contribution in [0.1, 0.15) is 10.4 Å². The molecule has 0 aliphatic carbocycles. The Kier molecular flexibility index (Phi) is 3.60. The number of nitrogens with one attached hydrogen (secondary N) is 1. The molecule has 0 spiro atoms. The second-order valence-electron chi connectivity index (χ2n) is 4.58. The first-order valence-corrected chi connectivity index (χ1v) is 6.93. The Balaban J connectivity index is 2.34. The number of aromatic nitrogens is 2. The molecule has 0 bridgehead atoms. The van der Waals surface area contributed by atoms with E-state index in [-0.39, 0.29) is 11.1 Å². The van der Waals surface area contributed by atoms with Crippen LogP contribution in [0.25, 0.3) is 22.2 Å². The molecule has 3 aromatic rings. The summed E-state index contributed by atoms with van der Waals surface area (Å²) >= 11 is 12.0. The van der Waals surface area contributed by atoms with Crippen LogP contribution in [0.2, 0.25) is 10.0 Å². The molecule has 3 rings (SSSR count). The van der Waals surface area contributed by atoms with Crippen molar-refractivity contribution in [1.82, 2.24) is 9.97 Å². The highest BCUT2D eigenvalue weighted by atomic mass is 35.5. The third-order valence-corrected chi connectivity index (χ3v) is 3.61. The van der Waals surface area contributed by atoms with Crippen molar-refractivity contribution in [1.29, 1.82) is 0 Å². The fourth-order valence-corrected chi connectivity index (χ4v) is 2.75. The fraction of sp³-hybridized carbons (Fsp3) is 0. The van der Waals surface area contributed by atoms with Gasteiger partial charge in [0.2, 0.25) is 5.43 Å². The summed E-state index contributed by atoms with van der Waals surface area (Å²) in [7, 11) is 0. The van der Waals surface area contributed by atoms with Crippen LogP contribution in [0.5, 0.6) is 0 Å². The summed E-state index contributed by atoms with van der Waals surface area (Å²) < 4.78 is 0. The van der Waals surface area contributed by atoms with Gasteiger partial charge in [0.05, 0.1) is 5.52 Å². The minimum absolute atomic E-state index is 0.0495. The van der Waals surface area contributed by atoms with Crippen molar-refractivity contribution < 1.29 is 9.90 Å². The molecule has 0 radical (unpaired) electrons. The maximum absolute atomic E-state index is 12.2. The molecular weight excluding hydrogens is 327 g/mol. The van der Waals surface area contributed by atoms with E-state index in [2.05, 4.69) is 9.97 Å². The molecule has 0 atom stereocenters. The van der Waals surface area contributed by atoms with Crippen LogP contribution in [0.15, 0.2) is 41.5 Å². The Morgan fingerprint density at radius 3 is 2.50 bits per heavy atom. The van der Waals surface area contributed by atoms with Gasteiger partial charge in [0.1, 0.15) is 11.1 Å². The van der Waals surface area contributed by atoms with Crippen LogP contribution in [-0.4, -0.2) is 21.0 Å². The van der Waals surface area contributed by atoms with Crippen LogP contribution in [0.3, 0.4) is 0 Å². The molecule has 2 N–H and O–H groups in total. The number of rotatable bonds is 2. The minimum atomic E-state index is -1.30. The zero-order valence-corrected chi connectivity index (χ0v) is 12.4. The topological polar surface area (TPSA) is 83.0 Å². The van der Waals surface area contributed by atoms with Crippen molar-refractivity contribution >= 4 is 40.2 Å². The highest BCUT2D eigenvalue weighted by molar-refractivity contribution is 6.35. The van der Waals surface area contributed by atoms with Crippen LogP contribution in [-0.2, 0) is 0 Å². The number of nitrogens with zero attached hydrogens (tertiary/aromatic N) is 1. The van der Waals surface area contributed by atoms with Gasteiger partial charge in [-0.25, -0.2) is 4.79 Å². The third-order valence-electron chi connectivity index (χ3n) is 3.18. The van der Waals surface area contributed by atoms with Crippen molar-refractivity contribution in [2.24, 2.45) is 0 Å². The first-order chi connectivity index (χ1) is 10.5. The third kappa shape index (κ3) is 2.45. The second kappa shape index (κ2) is 5.44. The van der Waals surface area contributed by atoms with Gasteiger partial charge in [-0.05, 0) is 29.8 Å². The highest BCUT2D eigenvalue weighted by Crippen LogP contribution is 2.30. The molecule has 0 aliphatic rings. The molecule has 7 heteroatoms. The van der Waals surface area contributed by atoms with Gasteiger partial charge in [-0.3, -0.25) is 9.78 Å². The lowest BCUT2D eigenvalue weighted by atomic mass is 10.0. The summed E-state index contributed by atoms with van der Waals surface area (Å²) in [6.45, 7) is 0. The van der Waals surface area contributed by atoms with Crippen molar-refractivity contribution in [3.63, 3.8) is 0 Å². The summed E-state index contributed by atoms with van der Waals surface area (Å²) in [4.78, 5) is 30.0. The van der Waals surface area contributed by atoms with E-state index in [1.807, 2.05) is 0 Å². The van der Waals surface area contributed by atoms with E-state index < -0.39 is 11.4 Å². The zero-order chi connectivity index (χ0) is 15.9. The minimum Gasteiger partial charge on any atom is -0.477 e. The van der Waals surface area contributed by atoms with Gasteiger partial charge < -0.3 is 10.1 Å². The smallest absolute Gasteiger partial charge is 0.341 e. The summed E-state index contributed by atoms with van der Waals surface area (Å²) in [5.74, 6) is -1.30. The summed E-state index contributed by atoms with van der Waals surface area (Å²) in [6, 6.07) is 6.69. The summed E-state index contributed by atoms with van der Waals surface area (Å²) in [6.07, 6.45) is 2.59. The number of hydrogen-bond donors (Lipinski definition) is 2. The van der Waals surface area contributed by atoms with Crippen LogP contribution in [0.4, 0.5) is 0 Å². The number of hydrogen-bond acceptors (Lipinski definition) is 3. The average Bonchev–Trinajstić information content (AvgIpc) is 2.45. The molecule has 22 heavy (non-hydrogen) atoms. The van der Waals surface area contributed by atoms with Gasteiger partial charge >= 0.3 is 5.97 Å². The number of halogens is 2. The van der Waals surface area contributed by atoms with E-state index in [0.717, 1.165) is 6.20 Å². The van der Waals surface area contributed by atoms with Crippen molar-refractivity contribution in [3.05, 3.63) is 62.5 Å². The van der Waals surface area contributed by atoms with Gasteiger partial charge in [-0.1, -0.05) is 23.2 Å². The van der Waals surface area contributed by atoms with Gasteiger partial charge in [0, 0.05) is 28.0 Å². The predicted molar refractivity (Wildman–Crippen MR) is 84.8 cm³/mol. The number of benzene rings is 1. The lowest BCUT2D eigenvalue weighted by Crippen LogP contribution is -2.16. The molecule has 110 valence electrons.